The third kappa shape index (κ3) is 9.37. The molecule has 5 heterocycles. The largest absolute Gasteiger partial charge is 2.00 e. The van der Waals surface area contributed by atoms with Crippen molar-refractivity contribution in [1.82, 2.24) is 19.9 Å². The Labute approximate surface area is 332 Å². The number of nitrogens with zero attached hydrogens (tertiary/aromatic N) is 4. The second kappa shape index (κ2) is 15.9. The summed E-state index contributed by atoms with van der Waals surface area (Å²) in [5.74, 6) is 0.137. The van der Waals surface area contributed by atoms with Crippen LogP contribution in [0.15, 0.2) is 60.7 Å². The predicted molar refractivity (Wildman–Crippen MR) is 225 cm³/mol. The number of benzene rings is 1. The van der Waals surface area contributed by atoms with Crippen LogP contribution in [0.1, 0.15) is 94.2 Å². The standard InChI is InChI=1S/C44H56N4O2Si2.Zn/c1-30-12-14-31(15-13-30)41-37-20-16-33(45-37)28-35-18-22-39(47-35)42(40-23-19-36(48-40)29-34-17-21-38(41)46-34)32(24-26-49-51(8,9)43(2,3)4)25-27-50-52(10,11)44(5,6)7;/h12-23,28-29,32H,24-27H2,1-11H3;/q-2;+2. The van der Waals surface area contributed by atoms with Gasteiger partial charge >= 0.3 is 19.5 Å². The van der Waals surface area contributed by atoms with Gasteiger partial charge in [-0.1, -0.05) is 108 Å². The Morgan fingerprint density at radius 3 is 1.62 bits per heavy atom. The molecule has 2 aliphatic rings. The van der Waals surface area contributed by atoms with Crippen LogP contribution in [0.5, 0.6) is 0 Å². The van der Waals surface area contributed by atoms with E-state index in [1.165, 1.54) is 5.56 Å². The van der Waals surface area contributed by atoms with Gasteiger partial charge in [0.25, 0.3) is 0 Å². The molecule has 0 aliphatic carbocycles. The summed E-state index contributed by atoms with van der Waals surface area (Å²) in [6.45, 7) is 26.6. The van der Waals surface area contributed by atoms with E-state index >= 15 is 0 Å². The third-order valence-corrected chi connectivity index (χ3v) is 20.6. The van der Waals surface area contributed by atoms with E-state index < -0.39 is 16.6 Å². The molecule has 8 bridgehead atoms. The van der Waals surface area contributed by atoms with Crippen molar-refractivity contribution in [1.29, 1.82) is 0 Å². The maximum atomic E-state index is 6.78. The molecular weight excluding hydrogens is 738 g/mol. The summed E-state index contributed by atoms with van der Waals surface area (Å²) in [5, 5.41) is 0.280. The SMILES string of the molecule is Cc1ccc(-c2c3nc(cc4ccc([n-]4)c(C(CCO[Si](C)(C)C(C)(C)C)CCO[Si](C)(C)C(C)(C)C)c4nc(cc5ccc2[n-]5)C=C4)C=C3)cc1.[Zn+2]. The van der Waals surface area contributed by atoms with Crippen LogP contribution in [0.2, 0.25) is 36.3 Å². The van der Waals surface area contributed by atoms with Crippen molar-refractivity contribution in [3.8, 4) is 11.1 Å². The molecular formula is C44H56N4O2Si2Zn. The molecule has 1 aromatic carbocycles. The van der Waals surface area contributed by atoms with Crippen molar-refractivity contribution in [2.45, 2.75) is 103 Å². The molecule has 2 aliphatic heterocycles. The van der Waals surface area contributed by atoms with Crippen LogP contribution >= 0.6 is 0 Å². The zero-order valence-corrected chi connectivity index (χ0v) is 38.8. The molecule has 0 unspecified atom stereocenters. The third-order valence-electron chi connectivity index (χ3n) is 11.5. The molecule has 3 aromatic heterocycles. The number of aromatic nitrogens is 4. The van der Waals surface area contributed by atoms with Crippen molar-refractivity contribution >= 4 is 63.0 Å². The summed E-state index contributed by atoms with van der Waals surface area (Å²) in [4.78, 5) is 20.7. The topological polar surface area (TPSA) is 72.4 Å². The molecule has 4 aromatic rings. The first-order valence-electron chi connectivity index (χ1n) is 18.7. The van der Waals surface area contributed by atoms with Gasteiger partial charge in [-0.2, -0.15) is 0 Å². The van der Waals surface area contributed by atoms with E-state index in [1.54, 1.807) is 0 Å². The summed E-state index contributed by atoms with van der Waals surface area (Å²) in [6, 6.07) is 21.1. The first kappa shape index (κ1) is 41.0. The van der Waals surface area contributed by atoms with E-state index in [9.17, 15) is 0 Å². The summed E-state index contributed by atoms with van der Waals surface area (Å²) < 4.78 is 13.6. The Kier molecular flexibility index (Phi) is 12.3. The molecule has 9 heteroatoms. The fourth-order valence-corrected chi connectivity index (χ4v) is 8.31. The van der Waals surface area contributed by atoms with Crippen molar-refractivity contribution in [2.24, 2.45) is 0 Å². The minimum atomic E-state index is -1.94. The Morgan fingerprint density at radius 2 is 1.09 bits per heavy atom. The average molecular weight is 795 g/mol. The minimum Gasteiger partial charge on any atom is -0.657 e. The van der Waals surface area contributed by atoms with Gasteiger partial charge in [0, 0.05) is 13.2 Å². The van der Waals surface area contributed by atoms with Gasteiger partial charge in [0.15, 0.2) is 16.6 Å². The molecule has 53 heavy (non-hydrogen) atoms. The van der Waals surface area contributed by atoms with E-state index in [0.29, 0.717) is 13.2 Å². The van der Waals surface area contributed by atoms with Gasteiger partial charge in [-0.3, -0.25) is 0 Å². The summed E-state index contributed by atoms with van der Waals surface area (Å²) >= 11 is 0. The van der Waals surface area contributed by atoms with Gasteiger partial charge in [0.2, 0.25) is 0 Å². The quantitative estimate of drug-likeness (QED) is 0.129. The van der Waals surface area contributed by atoms with Gasteiger partial charge in [-0.25, -0.2) is 9.97 Å². The van der Waals surface area contributed by atoms with Crippen LogP contribution in [0.3, 0.4) is 0 Å². The molecule has 0 fully saturated rings. The van der Waals surface area contributed by atoms with Crippen LogP contribution < -0.4 is 9.97 Å². The molecule has 0 spiro atoms. The zero-order chi connectivity index (χ0) is 37.5. The molecule has 0 radical (unpaired) electrons. The van der Waals surface area contributed by atoms with Crippen molar-refractivity contribution in [2.75, 3.05) is 13.2 Å². The predicted octanol–water partition coefficient (Wildman–Crippen LogP) is 11.8. The summed E-state index contributed by atoms with van der Waals surface area (Å²) in [5.41, 5.74) is 11.6. The maximum Gasteiger partial charge on any atom is 2.00 e. The van der Waals surface area contributed by atoms with Gasteiger partial charge in [-0.15, -0.1) is 22.1 Å². The normalized spacial score (nSPS) is 13.5. The number of aryl methyl sites for hydroxylation is 1. The van der Waals surface area contributed by atoms with E-state index in [-0.39, 0.29) is 35.5 Å². The molecule has 0 N–H and O–H groups in total. The van der Waals surface area contributed by atoms with Crippen molar-refractivity contribution in [3.63, 3.8) is 0 Å². The first-order chi connectivity index (χ1) is 24.4. The smallest absolute Gasteiger partial charge is 0.657 e. The number of fused-ring (bicyclic) bond motifs is 8. The second-order valence-corrected chi connectivity index (χ2v) is 27.1. The monoisotopic (exact) mass is 792 g/mol. The molecule has 0 saturated carbocycles. The fourth-order valence-electron chi connectivity index (χ4n) is 6.19. The van der Waals surface area contributed by atoms with E-state index in [2.05, 4.69) is 160 Å². The molecule has 0 amide bonds. The summed E-state index contributed by atoms with van der Waals surface area (Å²) in [6.07, 6.45) is 10.1. The van der Waals surface area contributed by atoms with Gasteiger partial charge in [-0.05, 0) is 103 Å². The molecule has 0 saturated heterocycles. The maximum absolute atomic E-state index is 6.78. The Hall–Kier alpha value is -3.20. The average Bonchev–Trinajstić information content (AvgIpc) is 3.87. The number of rotatable bonds is 10. The Bertz CT molecular complexity index is 2120. The van der Waals surface area contributed by atoms with Crippen LogP contribution in [0, 0.1) is 6.92 Å². The summed E-state index contributed by atoms with van der Waals surface area (Å²) in [7, 11) is -3.87. The van der Waals surface area contributed by atoms with Crippen LogP contribution in [0.4, 0.5) is 0 Å². The molecule has 6 rings (SSSR count). The van der Waals surface area contributed by atoms with Crippen molar-refractivity contribution < 1.29 is 28.3 Å². The van der Waals surface area contributed by atoms with Crippen molar-refractivity contribution in [3.05, 3.63) is 94.6 Å². The van der Waals surface area contributed by atoms with Gasteiger partial charge < -0.3 is 18.8 Å². The second-order valence-electron chi connectivity index (χ2n) is 17.5. The number of hydrogen-bond donors (Lipinski definition) is 0. The Morgan fingerprint density at radius 1 is 0.623 bits per heavy atom. The van der Waals surface area contributed by atoms with Crippen LogP contribution in [0.25, 0.3) is 57.5 Å². The number of hydrogen-bond acceptors (Lipinski definition) is 4. The fraction of sp³-hybridized carbons (Fsp3) is 0.409. The van der Waals surface area contributed by atoms with E-state index in [1.807, 2.05) is 0 Å². The van der Waals surface area contributed by atoms with E-state index in [0.717, 1.165) is 74.4 Å². The molecule has 274 valence electrons. The molecule has 0 atom stereocenters. The Balaban J connectivity index is 0.00000541. The van der Waals surface area contributed by atoms with Crippen LogP contribution in [-0.2, 0) is 28.3 Å². The molecule has 6 nitrogen and oxygen atoms in total. The van der Waals surface area contributed by atoms with E-state index in [4.69, 9.17) is 28.8 Å². The van der Waals surface area contributed by atoms with Gasteiger partial charge in [0.05, 0.1) is 22.8 Å². The first-order valence-corrected chi connectivity index (χ1v) is 24.6. The van der Waals surface area contributed by atoms with Gasteiger partial charge in [0.1, 0.15) is 0 Å². The zero-order valence-electron chi connectivity index (χ0n) is 33.8. The van der Waals surface area contributed by atoms with Crippen LogP contribution in [-0.4, -0.2) is 39.8 Å². The minimum absolute atomic E-state index is 0.